The predicted octanol–water partition coefficient (Wildman–Crippen LogP) is 2.25. The van der Waals surface area contributed by atoms with Gasteiger partial charge in [-0.05, 0) is 50.1 Å². The van der Waals surface area contributed by atoms with Crippen LogP contribution < -0.4 is 10.6 Å². The summed E-state index contributed by atoms with van der Waals surface area (Å²) >= 11 is 0. The van der Waals surface area contributed by atoms with Crippen LogP contribution in [-0.4, -0.2) is 24.2 Å². The molecule has 1 unspecified atom stereocenters. The highest BCUT2D eigenvalue weighted by Crippen LogP contribution is 2.20. The Morgan fingerprint density at radius 3 is 3.00 bits per heavy atom. The standard InChI is InChI=1S/C13H20N2O/c1-10-8-11(5-6-13(10)16)15-9-12-4-2-3-7-14-12/h5-6,8,12,14-16H,2-4,7,9H2,1H3. The van der Waals surface area contributed by atoms with Crippen molar-refractivity contribution in [1.82, 2.24) is 5.32 Å². The molecule has 0 amide bonds. The highest BCUT2D eigenvalue weighted by molar-refractivity contribution is 5.50. The van der Waals surface area contributed by atoms with Gasteiger partial charge in [0, 0.05) is 18.3 Å². The van der Waals surface area contributed by atoms with Crippen LogP contribution in [0.15, 0.2) is 18.2 Å². The number of aryl methyl sites for hydroxylation is 1. The Morgan fingerprint density at radius 1 is 1.44 bits per heavy atom. The summed E-state index contributed by atoms with van der Waals surface area (Å²) in [6.07, 6.45) is 3.88. The molecule has 2 rings (SSSR count). The van der Waals surface area contributed by atoms with Crippen molar-refractivity contribution in [2.24, 2.45) is 0 Å². The molecule has 0 aliphatic carbocycles. The van der Waals surface area contributed by atoms with Crippen molar-refractivity contribution in [2.45, 2.75) is 32.2 Å². The second-order valence-electron chi connectivity index (χ2n) is 4.53. The van der Waals surface area contributed by atoms with Crippen LogP contribution in [0.3, 0.4) is 0 Å². The molecule has 3 nitrogen and oxygen atoms in total. The Hall–Kier alpha value is -1.22. The molecule has 0 radical (unpaired) electrons. The maximum atomic E-state index is 9.42. The summed E-state index contributed by atoms with van der Waals surface area (Å²) in [7, 11) is 0. The monoisotopic (exact) mass is 220 g/mol. The van der Waals surface area contributed by atoms with E-state index in [1.54, 1.807) is 6.07 Å². The lowest BCUT2D eigenvalue weighted by Crippen LogP contribution is -2.39. The van der Waals surface area contributed by atoms with E-state index in [4.69, 9.17) is 0 Å². The van der Waals surface area contributed by atoms with Crippen molar-refractivity contribution < 1.29 is 5.11 Å². The number of phenolic OH excluding ortho intramolecular Hbond substituents is 1. The minimum Gasteiger partial charge on any atom is -0.508 e. The molecule has 1 heterocycles. The van der Waals surface area contributed by atoms with Gasteiger partial charge in [-0.1, -0.05) is 6.42 Å². The Kier molecular flexibility index (Phi) is 3.67. The highest BCUT2D eigenvalue weighted by atomic mass is 16.3. The molecule has 1 saturated heterocycles. The molecule has 1 aromatic carbocycles. The molecule has 0 spiro atoms. The first-order valence-corrected chi connectivity index (χ1v) is 6.02. The third-order valence-corrected chi connectivity index (χ3v) is 3.16. The van der Waals surface area contributed by atoms with Gasteiger partial charge >= 0.3 is 0 Å². The van der Waals surface area contributed by atoms with Crippen molar-refractivity contribution in [1.29, 1.82) is 0 Å². The maximum absolute atomic E-state index is 9.42. The first-order valence-electron chi connectivity index (χ1n) is 6.02. The largest absolute Gasteiger partial charge is 0.508 e. The zero-order chi connectivity index (χ0) is 11.4. The fourth-order valence-electron chi connectivity index (χ4n) is 2.10. The fourth-order valence-corrected chi connectivity index (χ4v) is 2.10. The fraction of sp³-hybridized carbons (Fsp3) is 0.538. The number of piperidine rings is 1. The number of hydrogen-bond donors (Lipinski definition) is 3. The van der Waals surface area contributed by atoms with Crippen molar-refractivity contribution in [3.63, 3.8) is 0 Å². The Balaban J connectivity index is 1.86. The smallest absolute Gasteiger partial charge is 0.118 e. The number of nitrogens with one attached hydrogen (secondary N) is 2. The van der Waals surface area contributed by atoms with Gasteiger partial charge in [0.05, 0.1) is 0 Å². The molecule has 1 aliphatic heterocycles. The van der Waals surface area contributed by atoms with Gasteiger partial charge in [-0.25, -0.2) is 0 Å². The number of rotatable bonds is 3. The van der Waals surface area contributed by atoms with Crippen LogP contribution in [0.4, 0.5) is 5.69 Å². The number of anilines is 1. The summed E-state index contributed by atoms with van der Waals surface area (Å²) in [5.41, 5.74) is 2.00. The minimum atomic E-state index is 0.362. The van der Waals surface area contributed by atoms with E-state index in [0.717, 1.165) is 24.3 Å². The van der Waals surface area contributed by atoms with E-state index < -0.39 is 0 Å². The van der Waals surface area contributed by atoms with Crippen molar-refractivity contribution >= 4 is 5.69 Å². The van der Waals surface area contributed by atoms with E-state index in [-0.39, 0.29) is 0 Å². The van der Waals surface area contributed by atoms with E-state index in [9.17, 15) is 5.11 Å². The maximum Gasteiger partial charge on any atom is 0.118 e. The van der Waals surface area contributed by atoms with E-state index in [0.29, 0.717) is 11.8 Å². The van der Waals surface area contributed by atoms with Gasteiger partial charge in [0.1, 0.15) is 5.75 Å². The summed E-state index contributed by atoms with van der Waals surface area (Å²) < 4.78 is 0. The molecule has 1 aromatic rings. The Bertz CT molecular complexity index is 346. The van der Waals surface area contributed by atoms with Crippen molar-refractivity contribution in [2.75, 3.05) is 18.4 Å². The van der Waals surface area contributed by atoms with E-state index in [2.05, 4.69) is 10.6 Å². The Morgan fingerprint density at radius 2 is 2.31 bits per heavy atom. The van der Waals surface area contributed by atoms with Crippen LogP contribution in [0.2, 0.25) is 0 Å². The van der Waals surface area contributed by atoms with Crippen LogP contribution in [0.25, 0.3) is 0 Å². The molecule has 0 bridgehead atoms. The third kappa shape index (κ3) is 2.89. The predicted molar refractivity (Wildman–Crippen MR) is 67.0 cm³/mol. The van der Waals surface area contributed by atoms with Gasteiger partial charge in [-0.3, -0.25) is 0 Å². The number of phenols is 1. The molecular formula is C13H20N2O. The third-order valence-electron chi connectivity index (χ3n) is 3.16. The molecule has 88 valence electrons. The first kappa shape index (κ1) is 11.3. The number of hydrogen-bond acceptors (Lipinski definition) is 3. The average molecular weight is 220 g/mol. The normalized spacial score (nSPS) is 20.7. The summed E-state index contributed by atoms with van der Waals surface area (Å²) in [4.78, 5) is 0. The lowest BCUT2D eigenvalue weighted by Gasteiger charge is -2.24. The topological polar surface area (TPSA) is 44.3 Å². The minimum absolute atomic E-state index is 0.362. The van der Waals surface area contributed by atoms with Crippen LogP contribution in [0.1, 0.15) is 24.8 Å². The quantitative estimate of drug-likeness (QED) is 0.685. The lowest BCUT2D eigenvalue weighted by molar-refractivity contribution is 0.414. The highest BCUT2D eigenvalue weighted by Gasteiger charge is 2.11. The van der Waals surface area contributed by atoms with Crippen LogP contribution >= 0.6 is 0 Å². The Labute approximate surface area is 96.9 Å². The van der Waals surface area contributed by atoms with Gasteiger partial charge in [0.25, 0.3) is 0 Å². The number of benzene rings is 1. The van der Waals surface area contributed by atoms with Gasteiger partial charge < -0.3 is 15.7 Å². The van der Waals surface area contributed by atoms with Crippen LogP contribution in [-0.2, 0) is 0 Å². The molecule has 3 N–H and O–H groups in total. The van der Waals surface area contributed by atoms with Crippen LogP contribution in [0, 0.1) is 6.92 Å². The number of aromatic hydroxyl groups is 1. The molecule has 1 fully saturated rings. The van der Waals surface area contributed by atoms with E-state index >= 15 is 0 Å². The van der Waals surface area contributed by atoms with Crippen LogP contribution in [0.5, 0.6) is 5.75 Å². The molecule has 3 heteroatoms. The zero-order valence-electron chi connectivity index (χ0n) is 9.79. The summed E-state index contributed by atoms with van der Waals surface area (Å²) in [5, 5.41) is 16.3. The lowest BCUT2D eigenvalue weighted by atomic mass is 10.1. The summed E-state index contributed by atoms with van der Waals surface area (Å²) in [6.45, 7) is 4.02. The molecule has 1 aliphatic rings. The zero-order valence-corrected chi connectivity index (χ0v) is 9.79. The molecule has 1 atom stereocenters. The van der Waals surface area contributed by atoms with Crippen molar-refractivity contribution in [3.05, 3.63) is 23.8 Å². The average Bonchev–Trinajstić information content (AvgIpc) is 2.32. The van der Waals surface area contributed by atoms with Gasteiger partial charge in [0.15, 0.2) is 0 Å². The summed E-state index contributed by atoms with van der Waals surface area (Å²) in [5.74, 6) is 0.362. The molecule has 16 heavy (non-hydrogen) atoms. The van der Waals surface area contributed by atoms with Crippen molar-refractivity contribution in [3.8, 4) is 5.75 Å². The molecule has 0 aromatic heterocycles. The first-order chi connectivity index (χ1) is 7.75. The second kappa shape index (κ2) is 5.21. The van der Waals surface area contributed by atoms with Gasteiger partial charge in [0.2, 0.25) is 0 Å². The SMILES string of the molecule is Cc1cc(NCC2CCCCN2)ccc1O. The van der Waals surface area contributed by atoms with E-state index in [1.807, 2.05) is 19.1 Å². The van der Waals surface area contributed by atoms with Gasteiger partial charge in [-0.15, -0.1) is 0 Å². The molecular weight excluding hydrogens is 200 g/mol. The van der Waals surface area contributed by atoms with E-state index in [1.165, 1.54) is 19.3 Å². The second-order valence-corrected chi connectivity index (χ2v) is 4.53. The van der Waals surface area contributed by atoms with Gasteiger partial charge in [-0.2, -0.15) is 0 Å². The summed E-state index contributed by atoms with van der Waals surface area (Å²) in [6, 6.07) is 6.23. The molecule has 0 saturated carbocycles.